The first-order chi connectivity index (χ1) is 14.2. The Morgan fingerprint density at radius 1 is 1.28 bits per heavy atom. The van der Waals surface area contributed by atoms with Crippen LogP contribution in [0.3, 0.4) is 0 Å². The van der Waals surface area contributed by atoms with Crippen LogP contribution >= 0.6 is 0 Å². The van der Waals surface area contributed by atoms with Gasteiger partial charge in [0.15, 0.2) is 17.1 Å². The Balaban J connectivity index is 1.34. The molecular weight excluding hydrogens is 366 g/mol. The number of benzene rings is 1. The summed E-state index contributed by atoms with van der Waals surface area (Å²) >= 11 is 0. The molecule has 0 N–H and O–H groups in total. The molecule has 0 bridgehead atoms. The first kappa shape index (κ1) is 19.3. The number of hydrogen-bond donors (Lipinski definition) is 0. The van der Waals surface area contributed by atoms with Crippen LogP contribution in [0.4, 0.5) is 0 Å². The highest BCUT2D eigenvalue weighted by molar-refractivity contribution is 5.87. The molecule has 0 amide bonds. The lowest BCUT2D eigenvalue weighted by Gasteiger charge is -2.31. The summed E-state index contributed by atoms with van der Waals surface area (Å²) in [5.41, 5.74) is 3.40. The van der Waals surface area contributed by atoms with Gasteiger partial charge in [0.2, 0.25) is 0 Å². The highest BCUT2D eigenvalue weighted by atomic mass is 16.5. The molecule has 1 aliphatic heterocycles. The Morgan fingerprint density at radius 2 is 2.07 bits per heavy atom. The van der Waals surface area contributed by atoms with Gasteiger partial charge in [-0.25, -0.2) is 9.78 Å². The number of aromatic nitrogens is 2. The van der Waals surface area contributed by atoms with Crippen LogP contribution in [-0.4, -0.2) is 41.0 Å². The third kappa shape index (κ3) is 5.09. The molecule has 0 atom stereocenters. The zero-order chi connectivity index (χ0) is 20.1. The van der Waals surface area contributed by atoms with E-state index in [2.05, 4.69) is 49.9 Å². The predicted molar refractivity (Wildman–Crippen MR) is 111 cm³/mol. The van der Waals surface area contributed by atoms with E-state index in [0.29, 0.717) is 17.1 Å². The summed E-state index contributed by atoms with van der Waals surface area (Å²) in [6.07, 6.45) is 7.82. The molecule has 0 unspecified atom stereocenters. The average molecular weight is 391 g/mol. The fraction of sp³-hybridized carbons (Fsp3) is 0.348. The number of oxazole rings is 1. The van der Waals surface area contributed by atoms with Crippen LogP contribution in [0.5, 0.6) is 0 Å². The molecule has 2 aromatic heterocycles. The van der Waals surface area contributed by atoms with Gasteiger partial charge in [0, 0.05) is 25.2 Å². The van der Waals surface area contributed by atoms with E-state index in [0.717, 1.165) is 50.4 Å². The molecule has 1 aromatic carbocycles. The van der Waals surface area contributed by atoms with Crippen molar-refractivity contribution in [3.63, 3.8) is 0 Å². The van der Waals surface area contributed by atoms with Crippen LogP contribution in [0.1, 0.15) is 29.9 Å². The number of esters is 1. The average Bonchev–Trinajstić information content (AvgIpc) is 3.15. The smallest absolute Gasteiger partial charge is 0.330 e. The first-order valence-electron chi connectivity index (χ1n) is 9.97. The van der Waals surface area contributed by atoms with Crippen molar-refractivity contribution in [3.05, 3.63) is 65.7 Å². The molecule has 1 aliphatic rings. The van der Waals surface area contributed by atoms with Gasteiger partial charge >= 0.3 is 5.97 Å². The van der Waals surface area contributed by atoms with Crippen molar-refractivity contribution in [1.82, 2.24) is 14.9 Å². The number of ether oxygens (including phenoxy) is 1. The second-order valence-corrected chi connectivity index (χ2v) is 7.46. The van der Waals surface area contributed by atoms with E-state index < -0.39 is 5.97 Å². The van der Waals surface area contributed by atoms with E-state index in [1.54, 1.807) is 12.3 Å². The maximum Gasteiger partial charge on any atom is 0.330 e. The number of methoxy groups -OCH3 is 1. The van der Waals surface area contributed by atoms with Crippen LogP contribution in [0.2, 0.25) is 0 Å². The summed E-state index contributed by atoms with van der Waals surface area (Å²) < 4.78 is 10.5. The fourth-order valence-corrected chi connectivity index (χ4v) is 3.73. The van der Waals surface area contributed by atoms with Crippen molar-refractivity contribution in [2.24, 2.45) is 5.92 Å². The Kier molecular flexibility index (Phi) is 6.00. The number of rotatable bonds is 6. The number of carbonyl (C=O) groups is 1. The summed E-state index contributed by atoms with van der Waals surface area (Å²) in [4.78, 5) is 22.6. The minimum Gasteiger partial charge on any atom is -0.466 e. The number of piperidine rings is 1. The summed E-state index contributed by atoms with van der Waals surface area (Å²) in [6, 6.07) is 12.5. The molecule has 150 valence electrons. The normalized spacial score (nSPS) is 15.9. The lowest BCUT2D eigenvalue weighted by Crippen LogP contribution is -2.33. The van der Waals surface area contributed by atoms with Gasteiger partial charge in [-0.3, -0.25) is 4.90 Å². The van der Waals surface area contributed by atoms with E-state index >= 15 is 0 Å². The number of likely N-dealkylation sites (tertiary alicyclic amines) is 1. The van der Waals surface area contributed by atoms with Crippen molar-refractivity contribution in [1.29, 1.82) is 0 Å². The van der Waals surface area contributed by atoms with Crippen LogP contribution in [0.15, 0.2) is 53.1 Å². The zero-order valence-corrected chi connectivity index (χ0v) is 16.6. The summed E-state index contributed by atoms with van der Waals surface area (Å²) in [6.45, 7) is 3.21. The number of fused-ring (bicyclic) bond motifs is 1. The number of carbonyl (C=O) groups excluding carboxylic acids is 1. The molecule has 3 aromatic rings. The van der Waals surface area contributed by atoms with Gasteiger partial charge in [0.05, 0.1) is 7.11 Å². The summed E-state index contributed by atoms with van der Waals surface area (Å²) in [5.74, 6) is 0.916. The van der Waals surface area contributed by atoms with Crippen molar-refractivity contribution in [2.75, 3.05) is 20.2 Å². The van der Waals surface area contributed by atoms with Crippen LogP contribution in [0, 0.1) is 5.92 Å². The van der Waals surface area contributed by atoms with Crippen LogP contribution < -0.4 is 0 Å². The molecule has 0 saturated carbocycles. The van der Waals surface area contributed by atoms with Crippen molar-refractivity contribution < 1.29 is 13.9 Å². The van der Waals surface area contributed by atoms with E-state index in [1.165, 1.54) is 18.7 Å². The molecule has 6 heteroatoms. The van der Waals surface area contributed by atoms with E-state index in [9.17, 15) is 4.79 Å². The molecule has 0 radical (unpaired) electrons. The van der Waals surface area contributed by atoms with Gasteiger partial charge in [-0.2, -0.15) is 4.98 Å². The van der Waals surface area contributed by atoms with Crippen molar-refractivity contribution in [2.45, 2.75) is 25.8 Å². The Labute approximate surface area is 170 Å². The number of nitrogens with zero attached hydrogens (tertiary/aromatic N) is 3. The lowest BCUT2D eigenvalue weighted by atomic mass is 9.93. The number of hydrogen-bond acceptors (Lipinski definition) is 6. The molecule has 6 nitrogen and oxygen atoms in total. The van der Waals surface area contributed by atoms with Gasteiger partial charge in [-0.05, 0) is 55.1 Å². The minimum absolute atomic E-state index is 0.401. The number of pyridine rings is 1. The Hall–Kier alpha value is -2.99. The van der Waals surface area contributed by atoms with Gasteiger partial charge in [0.1, 0.15) is 0 Å². The third-order valence-electron chi connectivity index (χ3n) is 5.34. The first-order valence-corrected chi connectivity index (χ1v) is 9.97. The molecule has 29 heavy (non-hydrogen) atoms. The van der Waals surface area contributed by atoms with E-state index in [-0.39, 0.29) is 0 Å². The monoisotopic (exact) mass is 391 g/mol. The summed E-state index contributed by atoms with van der Waals surface area (Å²) in [7, 11) is 1.35. The van der Waals surface area contributed by atoms with E-state index in [1.807, 2.05) is 6.07 Å². The lowest BCUT2D eigenvalue weighted by molar-refractivity contribution is -0.134. The van der Waals surface area contributed by atoms with E-state index in [4.69, 9.17) is 4.42 Å². The second-order valence-electron chi connectivity index (χ2n) is 7.46. The second kappa shape index (κ2) is 9.01. The molecule has 1 fully saturated rings. The van der Waals surface area contributed by atoms with Gasteiger partial charge in [0.25, 0.3) is 0 Å². The van der Waals surface area contributed by atoms with Crippen LogP contribution in [0.25, 0.3) is 17.3 Å². The largest absolute Gasteiger partial charge is 0.466 e. The quantitative estimate of drug-likeness (QED) is 0.469. The highest BCUT2D eigenvalue weighted by Crippen LogP contribution is 2.24. The standard InChI is InChI=1S/C23H25N3O3/c1-28-22(27)8-7-19-13-20-23(24-15-19)25-21(29-20)14-17-9-11-26(12-10-17)16-18-5-3-2-4-6-18/h2-8,13,15,17H,9-12,14,16H2,1H3/b8-7+. The Morgan fingerprint density at radius 3 is 2.83 bits per heavy atom. The maximum absolute atomic E-state index is 11.2. The highest BCUT2D eigenvalue weighted by Gasteiger charge is 2.21. The molecule has 0 aliphatic carbocycles. The van der Waals surface area contributed by atoms with Crippen molar-refractivity contribution in [3.8, 4) is 0 Å². The molecule has 1 saturated heterocycles. The third-order valence-corrected chi connectivity index (χ3v) is 5.34. The summed E-state index contributed by atoms with van der Waals surface area (Å²) in [5, 5.41) is 0. The molecule has 4 rings (SSSR count). The molecule has 3 heterocycles. The molecule has 0 spiro atoms. The SMILES string of the molecule is COC(=O)/C=C/c1cnc2nc(CC3CCN(Cc4ccccc4)CC3)oc2c1. The minimum atomic E-state index is -0.401. The topological polar surface area (TPSA) is 68.5 Å². The maximum atomic E-state index is 11.2. The Bertz CT molecular complexity index is 989. The van der Waals surface area contributed by atoms with Gasteiger partial charge in [-0.1, -0.05) is 30.3 Å². The van der Waals surface area contributed by atoms with Gasteiger partial charge in [-0.15, -0.1) is 0 Å². The predicted octanol–water partition coefficient (Wildman–Crippen LogP) is 3.86. The van der Waals surface area contributed by atoms with Crippen molar-refractivity contribution >= 4 is 23.3 Å². The van der Waals surface area contributed by atoms with Crippen LogP contribution in [-0.2, 0) is 22.5 Å². The molecular formula is C23H25N3O3. The van der Waals surface area contributed by atoms with Gasteiger partial charge < -0.3 is 9.15 Å². The zero-order valence-electron chi connectivity index (χ0n) is 16.6. The fourth-order valence-electron chi connectivity index (χ4n) is 3.73.